The van der Waals surface area contributed by atoms with E-state index in [4.69, 9.17) is 4.74 Å². The lowest BCUT2D eigenvalue weighted by Gasteiger charge is -2.20. The van der Waals surface area contributed by atoms with Crippen molar-refractivity contribution in [3.05, 3.63) is 11.2 Å². The van der Waals surface area contributed by atoms with Crippen LogP contribution in [0.25, 0.3) is 0 Å². The van der Waals surface area contributed by atoms with E-state index in [2.05, 4.69) is 9.71 Å². The van der Waals surface area contributed by atoms with Gasteiger partial charge in [-0.3, -0.25) is 0 Å². The van der Waals surface area contributed by atoms with Crippen molar-refractivity contribution in [3.63, 3.8) is 0 Å². The lowest BCUT2D eigenvalue weighted by atomic mass is 10.1. The average Bonchev–Trinajstić information content (AvgIpc) is 2.86. The molecule has 17 heavy (non-hydrogen) atoms. The number of nitrogens with one attached hydrogen (secondary N) is 1. The van der Waals surface area contributed by atoms with Gasteiger partial charge in [-0.25, -0.2) is 18.1 Å². The van der Waals surface area contributed by atoms with Crippen LogP contribution >= 0.6 is 11.3 Å². The van der Waals surface area contributed by atoms with Gasteiger partial charge in [-0.2, -0.15) is 0 Å². The van der Waals surface area contributed by atoms with Gasteiger partial charge in [0.05, 0.1) is 17.8 Å². The highest BCUT2D eigenvalue weighted by molar-refractivity contribution is 7.91. The largest absolute Gasteiger partial charge is 0.386 e. The van der Waals surface area contributed by atoms with Crippen molar-refractivity contribution < 1.29 is 18.3 Å². The second-order valence-corrected chi connectivity index (χ2v) is 7.28. The number of sulfonamides is 1. The van der Waals surface area contributed by atoms with E-state index in [1.807, 2.05) is 0 Å². The van der Waals surface area contributed by atoms with Crippen molar-refractivity contribution in [2.45, 2.75) is 23.2 Å². The number of thiazole rings is 1. The SMILES string of the molecule is Cc1ncc(S(=O)(=O)NCC2(O)CCOC2)s1. The van der Waals surface area contributed by atoms with Crippen LogP contribution in [0.1, 0.15) is 11.4 Å². The highest BCUT2D eigenvalue weighted by atomic mass is 32.2. The Morgan fingerprint density at radius 2 is 2.47 bits per heavy atom. The monoisotopic (exact) mass is 278 g/mol. The number of aliphatic hydroxyl groups is 1. The molecule has 0 saturated carbocycles. The van der Waals surface area contributed by atoms with Gasteiger partial charge in [0.1, 0.15) is 5.60 Å². The number of hydrogen-bond donors (Lipinski definition) is 2. The second kappa shape index (κ2) is 4.62. The first kappa shape index (κ1) is 12.9. The maximum atomic E-state index is 11.9. The summed E-state index contributed by atoms with van der Waals surface area (Å²) in [6.45, 7) is 2.32. The minimum atomic E-state index is -3.57. The predicted octanol–water partition coefficient (Wildman–Crippen LogP) is -0.119. The summed E-state index contributed by atoms with van der Waals surface area (Å²) in [7, 11) is -3.57. The van der Waals surface area contributed by atoms with Crippen LogP contribution in [-0.2, 0) is 14.8 Å². The smallest absolute Gasteiger partial charge is 0.251 e. The molecule has 1 aromatic heterocycles. The van der Waals surface area contributed by atoms with E-state index in [-0.39, 0.29) is 17.4 Å². The van der Waals surface area contributed by atoms with Crippen LogP contribution in [0.4, 0.5) is 0 Å². The zero-order valence-corrected chi connectivity index (χ0v) is 11.0. The second-order valence-electron chi connectivity index (χ2n) is 4.05. The van der Waals surface area contributed by atoms with Gasteiger partial charge in [0.15, 0.2) is 4.21 Å². The van der Waals surface area contributed by atoms with Crippen molar-refractivity contribution in [2.24, 2.45) is 0 Å². The van der Waals surface area contributed by atoms with Gasteiger partial charge >= 0.3 is 0 Å². The molecule has 1 saturated heterocycles. The van der Waals surface area contributed by atoms with Crippen LogP contribution in [0, 0.1) is 6.92 Å². The molecule has 2 heterocycles. The minimum absolute atomic E-state index is 0.0354. The number of hydrogen-bond acceptors (Lipinski definition) is 6. The number of aryl methyl sites for hydroxylation is 1. The number of rotatable bonds is 4. The zero-order valence-electron chi connectivity index (χ0n) is 9.34. The van der Waals surface area contributed by atoms with Crippen LogP contribution in [0.3, 0.4) is 0 Å². The summed E-state index contributed by atoms with van der Waals surface area (Å²) in [5.74, 6) is 0. The van der Waals surface area contributed by atoms with Crippen LogP contribution in [-0.4, -0.2) is 43.9 Å². The van der Waals surface area contributed by atoms with Gasteiger partial charge in [-0.15, -0.1) is 11.3 Å². The van der Waals surface area contributed by atoms with Crippen LogP contribution in [0.15, 0.2) is 10.4 Å². The van der Waals surface area contributed by atoms with E-state index in [0.717, 1.165) is 11.3 Å². The van der Waals surface area contributed by atoms with Crippen LogP contribution in [0.2, 0.25) is 0 Å². The molecule has 1 atom stereocenters. The topological polar surface area (TPSA) is 88.5 Å². The molecule has 0 aliphatic carbocycles. The Morgan fingerprint density at radius 1 is 1.71 bits per heavy atom. The van der Waals surface area contributed by atoms with Crippen molar-refractivity contribution in [2.75, 3.05) is 19.8 Å². The number of ether oxygens (including phenoxy) is 1. The first-order valence-electron chi connectivity index (χ1n) is 5.14. The van der Waals surface area contributed by atoms with Crippen LogP contribution < -0.4 is 4.72 Å². The average molecular weight is 278 g/mol. The molecule has 2 rings (SSSR count). The van der Waals surface area contributed by atoms with Gasteiger partial charge in [0.2, 0.25) is 0 Å². The van der Waals surface area contributed by atoms with E-state index in [1.165, 1.54) is 6.20 Å². The molecule has 0 amide bonds. The fraction of sp³-hybridized carbons (Fsp3) is 0.667. The van der Waals surface area contributed by atoms with Crippen molar-refractivity contribution in [1.29, 1.82) is 0 Å². The lowest BCUT2D eigenvalue weighted by Crippen LogP contribution is -2.43. The van der Waals surface area contributed by atoms with Gasteiger partial charge in [0.25, 0.3) is 10.0 Å². The van der Waals surface area contributed by atoms with Gasteiger partial charge < -0.3 is 9.84 Å². The maximum Gasteiger partial charge on any atom is 0.251 e. The Balaban J connectivity index is 2.03. The molecule has 2 N–H and O–H groups in total. The van der Waals surface area contributed by atoms with Crippen molar-refractivity contribution in [1.82, 2.24) is 9.71 Å². The normalized spacial score (nSPS) is 25.3. The Labute approximate surface area is 104 Å². The molecule has 1 aliphatic heterocycles. The molecule has 96 valence electrons. The fourth-order valence-electron chi connectivity index (χ4n) is 1.50. The molecule has 6 nitrogen and oxygen atoms in total. The summed E-state index contributed by atoms with van der Waals surface area (Å²) in [6.07, 6.45) is 1.76. The standard InChI is InChI=1S/C9H14N2O4S2/c1-7-10-4-8(16-7)17(13,14)11-5-9(12)2-3-15-6-9/h4,11-12H,2-3,5-6H2,1H3. The summed E-state index contributed by atoms with van der Waals surface area (Å²) in [6, 6.07) is 0. The van der Waals surface area contributed by atoms with Gasteiger partial charge in [0, 0.05) is 19.6 Å². The third kappa shape index (κ3) is 3.02. The third-order valence-electron chi connectivity index (χ3n) is 2.54. The molecule has 0 radical (unpaired) electrons. The highest BCUT2D eigenvalue weighted by Crippen LogP contribution is 2.20. The molecular formula is C9H14N2O4S2. The molecule has 1 aliphatic rings. The van der Waals surface area contributed by atoms with Crippen molar-refractivity contribution >= 4 is 21.4 Å². The Kier molecular flexibility index (Phi) is 3.50. The maximum absolute atomic E-state index is 11.9. The highest BCUT2D eigenvalue weighted by Gasteiger charge is 2.33. The summed E-state index contributed by atoms with van der Waals surface area (Å²) < 4.78 is 31.3. The molecule has 1 unspecified atom stereocenters. The zero-order chi connectivity index (χ0) is 12.5. The van der Waals surface area contributed by atoms with E-state index < -0.39 is 15.6 Å². The molecule has 1 fully saturated rings. The summed E-state index contributed by atoms with van der Waals surface area (Å²) in [5.41, 5.74) is -1.09. The molecule has 1 aromatic rings. The minimum Gasteiger partial charge on any atom is -0.386 e. The van der Waals surface area contributed by atoms with E-state index in [1.54, 1.807) is 6.92 Å². The van der Waals surface area contributed by atoms with E-state index in [9.17, 15) is 13.5 Å². The van der Waals surface area contributed by atoms with E-state index >= 15 is 0 Å². The summed E-state index contributed by atoms with van der Waals surface area (Å²) in [5, 5.41) is 10.6. The van der Waals surface area contributed by atoms with Crippen LogP contribution in [0.5, 0.6) is 0 Å². The lowest BCUT2D eigenvalue weighted by molar-refractivity contribution is 0.0315. The fourth-order valence-corrected chi connectivity index (χ4v) is 3.77. The Hall–Kier alpha value is -0.540. The molecular weight excluding hydrogens is 264 g/mol. The first-order chi connectivity index (χ1) is 7.91. The predicted molar refractivity (Wildman–Crippen MR) is 62.4 cm³/mol. The number of aromatic nitrogens is 1. The quantitative estimate of drug-likeness (QED) is 0.801. The molecule has 0 spiro atoms. The summed E-state index contributed by atoms with van der Waals surface area (Å²) >= 11 is 1.10. The molecule has 0 aromatic carbocycles. The Bertz CT molecular complexity index is 491. The van der Waals surface area contributed by atoms with Gasteiger partial charge in [-0.1, -0.05) is 0 Å². The number of nitrogens with zero attached hydrogens (tertiary/aromatic N) is 1. The van der Waals surface area contributed by atoms with E-state index in [0.29, 0.717) is 18.0 Å². The van der Waals surface area contributed by atoms with Crippen molar-refractivity contribution in [3.8, 4) is 0 Å². The third-order valence-corrected chi connectivity index (χ3v) is 5.31. The first-order valence-corrected chi connectivity index (χ1v) is 7.44. The summed E-state index contributed by atoms with van der Waals surface area (Å²) in [4.78, 5) is 3.89. The molecule has 0 bridgehead atoms. The Morgan fingerprint density at radius 3 is 3.00 bits per heavy atom. The van der Waals surface area contributed by atoms with Gasteiger partial charge in [-0.05, 0) is 6.92 Å². The molecule has 8 heteroatoms.